The topological polar surface area (TPSA) is 29.9 Å². The molecule has 1 aromatic heterocycles. The lowest BCUT2D eigenvalue weighted by atomic mass is 10.1. The van der Waals surface area contributed by atoms with Crippen molar-refractivity contribution in [3.63, 3.8) is 0 Å². The molecule has 0 amide bonds. The third-order valence-corrected chi connectivity index (χ3v) is 4.16. The minimum atomic E-state index is 0.560. The second-order valence-corrected chi connectivity index (χ2v) is 5.41. The number of hydrogen-bond donors (Lipinski definition) is 1. The maximum absolute atomic E-state index is 4.84. The van der Waals surface area contributed by atoms with Crippen LogP contribution >= 0.6 is 0 Å². The van der Waals surface area contributed by atoms with Gasteiger partial charge in [0.15, 0.2) is 0 Å². The highest BCUT2D eigenvalue weighted by atomic mass is 15.3. The van der Waals surface area contributed by atoms with E-state index in [1.54, 1.807) is 0 Å². The fourth-order valence-corrected chi connectivity index (χ4v) is 3.38. The lowest BCUT2D eigenvalue weighted by molar-refractivity contribution is 0.438. The van der Waals surface area contributed by atoms with Gasteiger partial charge in [0.1, 0.15) is 0 Å². The second-order valence-electron chi connectivity index (χ2n) is 5.41. The van der Waals surface area contributed by atoms with Crippen LogP contribution in [0.15, 0.2) is 0 Å². The molecule has 0 saturated carbocycles. The van der Waals surface area contributed by atoms with Gasteiger partial charge < -0.3 is 9.88 Å². The molecular formula is C13H21N3. The van der Waals surface area contributed by atoms with Gasteiger partial charge in [0.25, 0.3) is 0 Å². The van der Waals surface area contributed by atoms with E-state index in [1.165, 1.54) is 37.1 Å². The van der Waals surface area contributed by atoms with Crippen LogP contribution in [-0.4, -0.2) is 15.6 Å². The summed E-state index contributed by atoms with van der Waals surface area (Å²) in [5.41, 5.74) is 2.89. The summed E-state index contributed by atoms with van der Waals surface area (Å²) >= 11 is 0. The van der Waals surface area contributed by atoms with Crippen molar-refractivity contribution in [3.05, 3.63) is 11.4 Å². The SMILES string of the molecule is CCC1CCc2c1nc1n2C(C)CC(C)N1. The third kappa shape index (κ3) is 1.30. The summed E-state index contributed by atoms with van der Waals surface area (Å²) in [6, 6.07) is 1.17. The predicted molar refractivity (Wildman–Crippen MR) is 66.0 cm³/mol. The molecule has 1 aromatic rings. The van der Waals surface area contributed by atoms with Gasteiger partial charge in [0.2, 0.25) is 5.95 Å². The Morgan fingerprint density at radius 2 is 2.25 bits per heavy atom. The Hall–Kier alpha value is -0.990. The molecule has 0 aromatic carbocycles. The molecule has 88 valence electrons. The molecule has 3 nitrogen and oxygen atoms in total. The monoisotopic (exact) mass is 219 g/mol. The molecule has 2 heterocycles. The highest BCUT2D eigenvalue weighted by molar-refractivity contribution is 5.41. The summed E-state index contributed by atoms with van der Waals surface area (Å²) in [6.07, 6.45) is 4.97. The third-order valence-electron chi connectivity index (χ3n) is 4.16. The number of hydrogen-bond acceptors (Lipinski definition) is 2. The highest BCUT2D eigenvalue weighted by Crippen LogP contribution is 2.40. The molecule has 0 saturated heterocycles. The van der Waals surface area contributed by atoms with Crippen molar-refractivity contribution in [2.75, 3.05) is 5.32 Å². The Bertz CT molecular complexity index is 408. The number of anilines is 1. The van der Waals surface area contributed by atoms with Crippen molar-refractivity contribution >= 4 is 5.95 Å². The number of rotatable bonds is 1. The standard InChI is InChI=1S/C13H21N3/c1-4-10-5-6-11-12(10)15-13-14-8(2)7-9(3)16(11)13/h8-10H,4-7H2,1-3H3,(H,14,15). The van der Waals surface area contributed by atoms with Crippen molar-refractivity contribution in [2.24, 2.45) is 0 Å². The van der Waals surface area contributed by atoms with Gasteiger partial charge in [-0.3, -0.25) is 0 Å². The predicted octanol–water partition coefficient (Wildman–Crippen LogP) is 3.09. The first-order chi connectivity index (χ1) is 7.70. The van der Waals surface area contributed by atoms with Crippen molar-refractivity contribution in [1.82, 2.24) is 9.55 Å². The summed E-state index contributed by atoms with van der Waals surface area (Å²) in [5, 5.41) is 3.52. The van der Waals surface area contributed by atoms with E-state index in [4.69, 9.17) is 4.98 Å². The smallest absolute Gasteiger partial charge is 0.203 e. The van der Waals surface area contributed by atoms with Crippen molar-refractivity contribution < 1.29 is 0 Å². The summed E-state index contributed by atoms with van der Waals surface area (Å²) < 4.78 is 2.45. The zero-order valence-corrected chi connectivity index (χ0v) is 10.5. The molecule has 0 bridgehead atoms. The molecule has 1 aliphatic heterocycles. The Morgan fingerprint density at radius 3 is 3.00 bits per heavy atom. The van der Waals surface area contributed by atoms with Gasteiger partial charge in [-0.1, -0.05) is 6.92 Å². The van der Waals surface area contributed by atoms with E-state index in [9.17, 15) is 0 Å². The van der Waals surface area contributed by atoms with Crippen LogP contribution in [0.2, 0.25) is 0 Å². The summed E-state index contributed by atoms with van der Waals surface area (Å²) in [4.78, 5) is 4.84. The first-order valence-corrected chi connectivity index (χ1v) is 6.58. The summed E-state index contributed by atoms with van der Waals surface area (Å²) in [7, 11) is 0. The largest absolute Gasteiger partial charge is 0.353 e. The zero-order chi connectivity index (χ0) is 11.3. The number of nitrogens with zero attached hydrogens (tertiary/aromatic N) is 2. The Kier molecular flexibility index (Phi) is 2.23. The molecule has 1 aliphatic carbocycles. The minimum absolute atomic E-state index is 0.560. The van der Waals surface area contributed by atoms with Crippen molar-refractivity contribution in [2.45, 2.75) is 64.5 Å². The summed E-state index contributed by atoms with van der Waals surface area (Å²) in [5.74, 6) is 1.83. The second kappa shape index (κ2) is 3.51. The maximum atomic E-state index is 4.84. The van der Waals surface area contributed by atoms with E-state index in [2.05, 4.69) is 30.7 Å². The molecule has 1 N–H and O–H groups in total. The van der Waals surface area contributed by atoms with Crippen LogP contribution in [0.3, 0.4) is 0 Å². The van der Waals surface area contributed by atoms with Crippen LogP contribution in [0.4, 0.5) is 5.95 Å². The number of imidazole rings is 1. The molecule has 0 spiro atoms. The molecule has 3 heteroatoms. The molecule has 3 atom stereocenters. The first-order valence-electron chi connectivity index (χ1n) is 6.58. The quantitative estimate of drug-likeness (QED) is 0.786. The average Bonchev–Trinajstić information content (AvgIpc) is 2.74. The fourth-order valence-electron chi connectivity index (χ4n) is 3.38. The Balaban J connectivity index is 2.06. The maximum Gasteiger partial charge on any atom is 0.203 e. The van der Waals surface area contributed by atoms with Gasteiger partial charge in [-0.15, -0.1) is 0 Å². The van der Waals surface area contributed by atoms with Crippen LogP contribution in [0.1, 0.15) is 63.4 Å². The number of nitrogens with one attached hydrogen (secondary N) is 1. The molecule has 3 rings (SSSR count). The van der Waals surface area contributed by atoms with Crippen molar-refractivity contribution in [3.8, 4) is 0 Å². The lowest BCUT2D eigenvalue weighted by Crippen LogP contribution is -2.29. The van der Waals surface area contributed by atoms with E-state index in [1.807, 2.05) is 0 Å². The number of fused-ring (bicyclic) bond motifs is 3. The molecule has 16 heavy (non-hydrogen) atoms. The molecule has 0 radical (unpaired) electrons. The van der Waals surface area contributed by atoms with E-state index in [0.717, 1.165) is 5.95 Å². The first kappa shape index (κ1) is 10.2. The fraction of sp³-hybridized carbons (Fsp3) is 0.769. The van der Waals surface area contributed by atoms with Crippen LogP contribution in [0.5, 0.6) is 0 Å². The molecule has 2 aliphatic rings. The van der Waals surface area contributed by atoms with E-state index < -0.39 is 0 Å². The van der Waals surface area contributed by atoms with Gasteiger partial charge >= 0.3 is 0 Å². The van der Waals surface area contributed by atoms with E-state index >= 15 is 0 Å². The van der Waals surface area contributed by atoms with Crippen LogP contribution in [0.25, 0.3) is 0 Å². The van der Waals surface area contributed by atoms with E-state index in [-0.39, 0.29) is 0 Å². The summed E-state index contributed by atoms with van der Waals surface area (Å²) in [6.45, 7) is 6.84. The minimum Gasteiger partial charge on any atom is -0.353 e. The zero-order valence-electron chi connectivity index (χ0n) is 10.5. The number of aromatic nitrogens is 2. The van der Waals surface area contributed by atoms with Gasteiger partial charge in [0, 0.05) is 23.7 Å². The Labute approximate surface area is 97.3 Å². The van der Waals surface area contributed by atoms with Gasteiger partial charge in [-0.2, -0.15) is 0 Å². The molecule has 0 fully saturated rings. The van der Waals surface area contributed by atoms with Crippen LogP contribution in [-0.2, 0) is 6.42 Å². The Morgan fingerprint density at radius 1 is 1.44 bits per heavy atom. The van der Waals surface area contributed by atoms with Crippen molar-refractivity contribution in [1.29, 1.82) is 0 Å². The lowest BCUT2D eigenvalue weighted by Gasteiger charge is -2.29. The normalized spacial score (nSPS) is 32.1. The molecule has 3 unspecified atom stereocenters. The highest BCUT2D eigenvalue weighted by Gasteiger charge is 2.32. The van der Waals surface area contributed by atoms with Crippen LogP contribution < -0.4 is 5.32 Å². The van der Waals surface area contributed by atoms with Gasteiger partial charge in [-0.05, 0) is 39.5 Å². The van der Waals surface area contributed by atoms with E-state index in [0.29, 0.717) is 18.0 Å². The van der Waals surface area contributed by atoms with Gasteiger partial charge in [0.05, 0.1) is 5.69 Å². The average molecular weight is 219 g/mol. The van der Waals surface area contributed by atoms with Crippen LogP contribution in [0, 0.1) is 0 Å². The van der Waals surface area contributed by atoms with Gasteiger partial charge in [-0.25, -0.2) is 4.98 Å². The molecular weight excluding hydrogens is 198 g/mol.